The molecule has 0 saturated heterocycles. The van der Waals surface area contributed by atoms with Crippen LogP contribution in [0.1, 0.15) is 27.7 Å². The lowest BCUT2D eigenvalue weighted by Crippen LogP contribution is -2.22. The zero-order valence-electron chi connectivity index (χ0n) is 9.94. The summed E-state index contributed by atoms with van der Waals surface area (Å²) in [6.07, 6.45) is 2.05. The van der Waals surface area contributed by atoms with E-state index in [-0.39, 0.29) is 35.3 Å². The van der Waals surface area contributed by atoms with Gasteiger partial charge in [-0.1, -0.05) is 0 Å². The fourth-order valence-electron chi connectivity index (χ4n) is 1.22. The molecule has 0 unspecified atom stereocenters. The number of hydrogen-bond donors (Lipinski definition) is 0. The molecule has 0 aromatic carbocycles. The van der Waals surface area contributed by atoms with Crippen molar-refractivity contribution in [2.24, 2.45) is 0 Å². The number of ketones is 2. The van der Waals surface area contributed by atoms with Gasteiger partial charge in [-0.3, -0.25) is 9.59 Å². The fraction of sp³-hybridized carbons (Fsp3) is 0.500. The van der Waals surface area contributed by atoms with Gasteiger partial charge >= 0.3 is 0 Å². The second kappa shape index (κ2) is 4.96. The Morgan fingerprint density at radius 2 is 1.12 bits per heavy atom. The molecule has 0 bridgehead atoms. The third kappa shape index (κ3) is 2.95. The molecule has 1 aliphatic carbocycles. The van der Waals surface area contributed by atoms with Gasteiger partial charge in [-0.2, -0.15) is 0 Å². The molecule has 0 atom stereocenters. The van der Waals surface area contributed by atoms with Crippen molar-refractivity contribution in [2.45, 2.75) is 39.9 Å². The van der Waals surface area contributed by atoms with E-state index in [2.05, 4.69) is 0 Å². The molecule has 1 rings (SSSR count). The molecule has 4 heteroatoms. The fourth-order valence-corrected chi connectivity index (χ4v) is 1.22. The van der Waals surface area contributed by atoms with Crippen LogP contribution in [0.25, 0.3) is 0 Å². The molecular weight excluding hydrogens is 208 g/mol. The highest BCUT2D eigenvalue weighted by Crippen LogP contribution is 2.19. The lowest BCUT2D eigenvalue weighted by atomic mass is 10.1. The SMILES string of the molecule is CC(C)OC1=C(OC(C)C)C(=O)C=CC1=O. The van der Waals surface area contributed by atoms with Crippen molar-refractivity contribution < 1.29 is 19.1 Å². The Bertz CT molecular complexity index is 327. The quantitative estimate of drug-likeness (QED) is 0.683. The molecule has 0 heterocycles. The van der Waals surface area contributed by atoms with E-state index in [0.717, 1.165) is 0 Å². The number of allylic oxidation sites excluding steroid dienone is 2. The van der Waals surface area contributed by atoms with Gasteiger partial charge in [0.2, 0.25) is 23.1 Å². The Morgan fingerprint density at radius 3 is 1.38 bits per heavy atom. The Labute approximate surface area is 94.9 Å². The largest absolute Gasteiger partial charge is 0.483 e. The summed E-state index contributed by atoms with van der Waals surface area (Å²) in [6, 6.07) is 0. The van der Waals surface area contributed by atoms with Crippen molar-refractivity contribution >= 4 is 11.6 Å². The van der Waals surface area contributed by atoms with Crippen LogP contribution in [0.15, 0.2) is 23.7 Å². The number of rotatable bonds is 4. The topological polar surface area (TPSA) is 52.6 Å². The molecule has 0 aromatic heterocycles. The molecule has 4 nitrogen and oxygen atoms in total. The maximum Gasteiger partial charge on any atom is 0.224 e. The summed E-state index contributed by atoms with van der Waals surface area (Å²) in [7, 11) is 0. The normalized spacial score (nSPS) is 16.4. The minimum absolute atomic E-state index is 0.0104. The summed E-state index contributed by atoms with van der Waals surface area (Å²) in [5, 5.41) is 0. The maximum atomic E-state index is 11.6. The van der Waals surface area contributed by atoms with E-state index >= 15 is 0 Å². The average Bonchev–Trinajstić information content (AvgIpc) is 2.16. The number of ether oxygens (including phenoxy) is 2. The van der Waals surface area contributed by atoms with Crippen LogP contribution >= 0.6 is 0 Å². The van der Waals surface area contributed by atoms with Crippen LogP contribution in [0.4, 0.5) is 0 Å². The van der Waals surface area contributed by atoms with Gasteiger partial charge in [0.05, 0.1) is 12.2 Å². The lowest BCUT2D eigenvalue weighted by molar-refractivity contribution is -0.121. The smallest absolute Gasteiger partial charge is 0.224 e. The van der Waals surface area contributed by atoms with E-state index < -0.39 is 0 Å². The average molecular weight is 224 g/mol. The van der Waals surface area contributed by atoms with Crippen LogP contribution in [-0.4, -0.2) is 23.8 Å². The van der Waals surface area contributed by atoms with E-state index in [0.29, 0.717) is 0 Å². The molecule has 0 spiro atoms. The van der Waals surface area contributed by atoms with Gasteiger partial charge in [-0.15, -0.1) is 0 Å². The highest BCUT2D eigenvalue weighted by molar-refractivity contribution is 6.18. The molecule has 1 aliphatic rings. The molecule has 0 aromatic rings. The molecule has 16 heavy (non-hydrogen) atoms. The molecule has 0 radical (unpaired) electrons. The maximum absolute atomic E-state index is 11.6. The highest BCUT2D eigenvalue weighted by atomic mass is 16.5. The first-order valence-corrected chi connectivity index (χ1v) is 5.26. The van der Waals surface area contributed by atoms with E-state index in [1.54, 1.807) is 27.7 Å². The zero-order valence-corrected chi connectivity index (χ0v) is 9.94. The summed E-state index contributed by atoms with van der Waals surface area (Å²) in [5.41, 5.74) is 0. The third-order valence-electron chi connectivity index (χ3n) is 1.75. The van der Waals surface area contributed by atoms with Gasteiger partial charge in [0.1, 0.15) is 0 Å². The standard InChI is InChI=1S/C12H16O4/c1-7(2)15-11-9(13)5-6-10(14)12(11)16-8(3)4/h5-8H,1-4H3. The summed E-state index contributed by atoms with van der Waals surface area (Å²) in [6.45, 7) is 7.15. The molecule has 0 fully saturated rings. The highest BCUT2D eigenvalue weighted by Gasteiger charge is 2.27. The van der Waals surface area contributed by atoms with Gasteiger partial charge in [-0.25, -0.2) is 0 Å². The number of carbonyl (C=O) groups excluding carboxylic acids is 2. The Hall–Kier alpha value is -1.58. The van der Waals surface area contributed by atoms with Crippen molar-refractivity contribution in [3.63, 3.8) is 0 Å². The Balaban J connectivity index is 3.04. The first-order chi connectivity index (χ1) is 7.41. The van der Waals surface area contributed by atoms with Gasteiger partial charge in [-0.05, 0) is 39.8 Å². The lowest BCUT2D eigenvalue weighted by Gasteiger charge is -2.19. The van der Waals surface area contributed by atoms with Crippen LogP contribution < -0.4 is 0 Å². The second-order valence-corrected chi connectivity index (χ2v) is 4.05. The number of hydrogen-bond acceptors (Lipinski definition) is 4. The first kappa shape index (κ1) is 12.5. The van der Waals surface area contributed by atoms with Crippen molar-refractivity contribution in [1.29, 1.82) is 0 Å². The second-order valence-electron chi connectivity index (χ2n) is 4.05. The van der Waals surface area contributed by atoms with Gasteiger partial charge in [0.15, 0.2) is 0 Å². The summed E-state index contributed by atoms with van der Waals surface area (Å²) in [4.78, 5) is 23.1. The van der Waals surface area contributed by atoms with Gasteiger partial charge in [0.25, 0.3) is 0 Å². The van der Waals surface area contributed by atoms with Crippen molar-refractivity contribution in [3.8, 4) is 0 Å². The van der Waals surface area contributed by atoms with E-state index in [4.69, 9.17) is 9.47 Å². The predicted molar refractivity (Wildman–Crippen MR) is 58.6 cm³/mol. The third-order valence-corrected chi connectivity index (χ3v) is 1.75. The van der Waals surface area contributed by atoms with Gasteiger partial charge in [0, 0.05) is 0 Å². The Morgan fingerprint density at radius 1 is 0.812 bits per heavy atom. The summed E-state index contributed by atoms with van der Waals surface area (Å²) in [5.74, 6) is -0.639. The van der Waals surface area contributed by atoms with Crippen molar-refractivity contribution in [2.75, 3.05) is 0 Å². The molecular formula is C12H16O4. The monoisotopic (exact) mass is 224 g/mol. The van der Waals surface area contributed by atoms with E-state index in [1.807, 2.05) is 0 Å². The molecule has 88 valence electrons. The molecule has 0 N–H and O–H groups in total. The first-order valence-electron chi connectivity index (χ1n) is 5.26. The molecule has 0 amide bonds. The van der Waals surface area contributed by atoms with Crippen LogP contribution in [0.3, 0.4) is 0 Å². The van der Waals surface area contributed by atoms with Crippen LogP contribution in [0, 0.1) is 0 Å². The molecule has 0 saturated carbocycles. The van der Waals surface area contributed by atoms with Gasteiger partial charge < -0.3 is 9.47 Å². The predicted octanol–water partition coefficient (Wildman–Crippen LogP) is 1.76. The summed E-state index contributed by atoms with van der Waals surface area (Å²) >= 11 is 0. The summed E-state index contributed by atoms with van der Waals surface area (Å²) < 4.78 is 10.6. The zero-order chi connectivity index (χ0) is 12.3. The van der Waals surface area contributed by atoms with Crippen molar-refractivity contribution in [1.82, 2.24) is 0 Å². The van der Waals surface area contributed by atoms with Crippen LogP contribution in [0.2, 0.25) is 0 Å². The number of carbonyl (C=O) groups is 2. The molecule has 0 aliphatic heterocycles. The van der Waals surface area contributed by atoms with Crippen LogP contribution in [0.5, 0.6) is 0 Å². The Kier molecular flexibility index (Phi) is 3.88. The minimum Gasteiger partial charge on any atom is -0.483 e. The van der Waals surface area contributed by atoms with Crippen LogP contribution in [-0.2, 0) is 19.1 Å². The van der Waals surface area contributed by atoms with Crippen molar-refractivity contribution in [3.05, 3.63) is 23.7 Å². The van der Waals surface area contributed by atoms with E-state index in [9.17, 15) is 9.59 Å². The minimum atomic E-state index is -0.330. The van der Waals surface area contributed by atoms with E-state index in [1.165, 1.54) is 12.2 Å².